The Kier molecular flexibility index (Phi) is 220. The fourth-order valence-electron chi connectivity index (χ4n) is 0.0772. The summed E-state index contributed by atoms with van der Waals surface area (Å²) in [6, 6.07) is 0. The molecule has 38 heavy (non-hydrogen) atoms. The van der Waals surface area contributed by atoms with E-state index in [1.54, 1.807) is 6.92 Å². The normalized spacial score (nSPS) is 7.37. The molecule has 0 bridgehead atoms. The zero-order valence-corrected chi connectivity index (χ0v) is 17.9. The third-order valence-corrected chi connectivity index (χ3v) is 0.474. The van der Waals surface area contributed by atoms with Crippen LogP contribution >= 0.6 is 0 Å². The minimum Gasteiger partial charge on any atom is -0.351 e. The monoisotopic (exact) mass is 654 g/mol. The molecule has 0 aliphatic carbocycles. The summed E-state index contributed by atoms with van der Waals surface area (Å²) in [6.07, 6.45) is -4.62. The molecule has 254 valence electrons. The van der Waals surface area contributed by atoms with Gasteiger partial charge >= 0.3 is 16.7 Å². The van der Waals surface area contributed by atoms with Crippen LogP contribution in [0.3, 0.4) is 0 Å². The van der Waals surface area contributed by atoms with Gasteiger partial charge in [0.15, 0.2) is 13.5 Å². The molecule has 1 N–H and O–H groups in total. The lowest BCUT2D eigenvalue weighted by atomic mass is 10.8. The molecule has 0 aromatic rings. The first-order valence-corrected chi connectivity index (χ1v) is 7.98. The Morgan fingerprint density at radius 2 is 0.789 bits per heavy atom. The molecule has 0 aromatic carbocycles. The van der Waals surface area contributed by atoms with Gasteiger partial charge in [-0.15, -0.1) is 0 Å². The lowest BCUT2D eigenvalue weighted by molar-refractivity contribution is -0.167. The molecule has 0 heterocycles. The van der Waals surface area contributed by atoms with E-state index in [0.29, 0.717) is 13.8 Å². The Morgan fingerprint density at radius 1 is 0.658 bits per heavy atom. The highest BCUT2D eigenvalue weighted by Crippen LogP contribution is 2.13. The van der Waals surface area contributed by atoms with Crippen molar-refractivity contribution in [1.82, 2.24) is 0 Å². The third-order valence-electron chi connectivity index (χ3n) is 0.474. The molecule has 0 rings (SSSR count). The predicted molar refractivity (Wildman–Crippen MR) is 113 cm³/mol. The molecule has 23 heteroatoms. The molecule has 0 unspecified atom stereocenters. The average Bonchev–Trinajstić information content (AvgIpc) is 2.71. The van der Waals surface area contributed by atoms with Crippen LogP contribution < -0.4 is 0 Å². The summed E-state index contributed by atoms with van der Waals surface area (Å²) in [6.45, 7) is -9.01. The van der Waals surface area contributed by atoms with Crippen LogP contribution in [0.15, 0.2) is 0 Å². The molecular weight excluding hydrogens is 615 g/mol. The smallest absolute Gasteiger partial charge is 0.351 e. The Labute approximate surface area is 213 Å². The van der Waals surface area contributed by atoms with E-state index < -0.39 is 64.8 Å². The van der Waals surface area contributed by atoms with E-state index in [0.717, 1.165) is 0 Å². The van der Waals surface area contributed by atoms with Crippen molar-refractivity contribution < 1.29 is 96.9 Å². The summed E-state index contributed by atoms with van der Waals surface area (Å²) in [7, 11) is -4.67. The first kappa shape index (κ1) is 83.3. The second-order valence-corrected chi connectivity index (χ2v) is 3.21. The van der Waals surface area contributed by atoms with Gasteiger partial charge in [0.1, 0.15) is 0 Å². The molecule has 0 spiro atoms. The molecule has 0 radical (unpaired) electrons. The summed E-state index contributed by atoms with van der Waals surface area (Å²) >= 11 is 0. The van der Waals surface area contributed by atoms with Crippen LogP contribution in [-0.2, 0) is 20.2 Å². The van der Waals surface area contributed by atoms with Gasteiger partial charge in [0.2, 0.25) is 34.6 Å². The average molecular weight is 655 g/mol. The molecule has 0 saturated carbocycles. The first-order valence-electron chi connectivity index (χ1n) is 6.64. The summed E-state index contributed by atoms with van der Waals surface area (Å²) in [5, 5.41) is 0. The van der Waals surface area contributed by atoms with Crippen LogP contribution in [-0.4, -0.2) is 81.0 Å². The van der Waals surface area contributed by atoms with Crippen LogP contribution in [0.25, 0.3) is 0 Å². The number of ether oxygens (including phenoxy) is 1. The van der Waals surface area contributed by atoms with Gasteiger partial charge in [0, 0.05) is 6.61 Å². The summed E-state index contributed by atoms with van der Waals surface area (Å²) < 4.78 is 197. The minimum absolute atomic E-state index is 0. The highest BCUT2D eigenvalue weighted by atomic mass is 32.3. The van der Waals surface area contributed by atoms with Crippen molar-refractivity contribution in [1.29, 1.82) is 0 Å². The molecule has 0 amide bonds. The van der Waals surface area contributed by atoms with E-state index in [-0.39, 0.29) is 29.7 Å². The number of alkyl halides is 15. The second-order valence-electron chi connectivity index (χ2n) is 2.39. The standard InChI is InChI=1S/C3H7FO.C2H2F4.CH2F2O.4CH2F2.CH3F.4CH4.FHO3S/c1-2-5-3-4;3-1-2(4,5)6;2-1-4-3;4*2-1-3;1-2;;;;;1-5(2,3)4/h2-3H2,1H3;1H2;1H2;4*1H2;1H3;4*1H4;(H,2,3,4). The molecule has 0 aliphatic heterocycles. The van der Waals surface area contributed by atoms with Gasteiger partial charge in [-0.25, -0.2) is 48.3 Å². The van der Waals surface area contributed by atoms with Crippen molar-refractivity contribution in [2.45, 2.75) is 42.8 Å². The van der Waals surface area contributed by atoms with E-state index in [1.807, 2.05) is 0 Å². The zero-order valence-electron chi connectivity index (χ0n) is 17.1. The highest BCUT2D eigenvalue weighted by molar-refractivity contribution is 7.80. The SMILES string of the molecule is C.C.C.C.CCOCF.CF.FCC(F)(F)F.FCF.FCF.FCF.FCF.FCOF.O=S(=O)(O)F. The first-order chi connectivity index (χ1) is 15.5. The van der Waals surface area contributed by atoms with Crippen molar-refractivity contribution in [3.8, 4) is 0 Å². The van der Waals surface area contributed by atoms with E-state index in [2.05, 4.69) is 9.68 Å². The van der Waals surface area contributed by atoms with Gasteiger partial charge in [-0.3, -0.25) is 8.94 Å². The maximum Gasteiger partial charge on any atom is 0.435 e. The Morgan fingerprint density at radius 3 is 0.789 bits per heavy atom. The molecule has 0 saturated heterocycles. The Bertz CT molecular complexity index is 311. The summed E-state index contributed by atoms with van der Waals surface area (Å²) in [5.41, 5.74) is 0. The van der Waals surface area contributed by atoms with Gasteiger partial charge in [-0.05, 0) is 11.4 Å². The lowest BCUT2D eigenvalue weighted by Gasteiger charge is -1.93. The van der Waals surface area contributed by atoms with Gasteiger partial charge in [-0.2, -0.15) is 26.5 Å². The van der Waals surface area contributed by atoms with E-state index in [1.165, 1.54) is 0 Å². The van der Waals surface area contributed by atoms with Crippen molar-refractivity contribution in [3.63, 3.8) is 0 Å². The largest absolute Gasteiger partial charge is 0.435 e. The van der Waals surface area contributed by atoms with Gasteiger partial charge in [-0.1, -0.05) is 33.6 Å². The topological polar surface area (TPSA) is 72.8 Å². The molecule has 0 aliphatic rings. The van der Waals surface area contributed by atoms with Gasteiger partial charge in [0.05, 0.1) is 7.18 Å². The number of hydrogen-bond acceptors (Lipinski definition) is 4. The second kappa shape index (κ2) is 100. The quantitative estimate of drug-likeness (QED) is 0.186. The summed E-state index contributed by atoms with van der Waals surface area (Å²) in [5.74, 6) is 0. The van der Waals surface area contributed by atoms with E-state index in [4.69, 9.17) is 13.0 Å². The van der Waals surface area contributed by atoms with Crippen LogP contribution in [0.4, 0.5) is 74.3 Å². The summed E-state index contributed by atoms with van der Waals surface area (Å²) in [4.78, 5) is 2.38. The van der Waals surface area contributed by atoms with Gasteiger partial charge < -0.3 is 4.74 Å². The van der Waals surface area contributed by atoms with E-state index in [9.17, 15) is 74.3 Å². The highest BCUT2D eigenvalue weighted by Gasteiger charge is 2.26. The van der Waals surface area contributed by atoms with Crippen LogP contribution in [0.1, 0.15) is 36.6 Å². The molecule has 0 fully saturated rings. The number of halogens is 17. The Balaban J connectivity index is -0.0000000169. The van der Waals surface area contributed by atoms with Crippen LogP contribution in [0.2, 0.25) is 0 Å². The number of hydrogen-bond donors (Lipinski definition) is 1. The molecular formula is C15H39F17O5S. The third kappa shape index (κ3) is 1820. The number of rotatable bonds is 3. The van der Waals surface area contributed by atoms with Crippen molar-refractivity contribution in [3.05, 3.63) is 0 Å². The molecule has 0 aromatic heterocycles. The fraction of sp³-hybridized carbons (Fsp3) is 1.00. The van der Waals surface area contributed by atoms with Crippen molar-refractivity contribution in [2.24, 2.45) is 0 Å². The molecule has 0 atom stereocenters. The maximum absolute atomic E-state index is 10.8. The van der Waals surface area contributed by atoms with Crippen LogP contribution in [0, 0.1) is 0 Å². The predicted octanol–water partition coefficient (Wildman–Crippen LogP) is 9.70. The van der Waals surface area contributed by atoms with Gasteiger partial charge in [0.25, 0.3) is 0 Å². The zero-order chi connectivity index (χ0) is 30.1. The van der Waals surface area contributed by atoms with Crippen molar-refractivity contribution in [2.75, 3.05) is 61.9 Å². The van der Waals surface area contributed by atoms with Crippen LogP contribution in [0.5, 0.6) is 0 Å². The van der Waals surface area contributed by atoms with Crippen molar-refractivity contribution >= 4 is 10.5 Å². The molecule has 5 nitrogen and oxygen atoms in total. The minimum atomic E-state index is -5.17. The Hall–Kier alpha value is -1.36. The fourth-order valence-corrected chi connectivity index (χ4v) is 0.0772. The lowest BCUT2D eigenvalue weighted by Crippen LogP contribution is -2.08. The maximum atomic E-state index is 10.8. The van der Waals surface area contributed by atoms with E-state index >= 15 is 0 Å².